The Labute approximate surface area is 121 Å². The minimum atomic E-state index is -0.272. The van der Waals surface area contributed by atoms with Crippen molar-refractivity contribution in [3.63, 3.8) is 0 Å². The van der Waals surface area contributed by atoms with Crippen LogP contribution in [0.4, 0.5) is 4.39 Å². The second kappa shape index (κ2) is 5.77. The van der Waals surface area contributed by atoms with Gasteiger partial charge in [-0.3, -0.25) is 4.90 Å². The molecular weight excluding hydrogens is 311 g/mol. The zero-order chi connectivity index (χ0) is 13.2. The predicted molar refractivity (Wildman–Crippen MR) is 75.9 cm³/mol. The first-order valence-electron chi connectivity index (χ1n) is 6.72. The fourth-order valence-corrected chi connectivity index (χ4v) is 3.48. The second-order valence-electron chi connectivity index (χ2n) is 5.39. The summed E-state index contributed by atoms with van der Waals surface area (Å²) in [6.07, 6.45) is 0. The van der Waals surface area contributed by atoms with Crippen molar-refractivity contribution < 1.29 is 9.13 Å². The van der Waals surface area contributed by atoms with Crippen LogP contribution in [0.1, 0.15) is 0 Å². The number of fused-ring (bicyclic) bond motifs is 1. The average Bonchev–Trinajstić information content (AvgIpc) is 2.88. The Bertz CT molecular complexity index is 425. The molecule has 1 aromatic carbocycles. The van der Waals surface area contributed by atoms with Crippen LogP contribution in [0.5, 0.6) is 5.75 Å². The normalized spacial score (nSPS) is 26.6. The van der Waals surface area contributed by atoms with E-state index >= 15 is 0 Å². The van der Waals surface area contributed by atoms with Crippen LogP contribution in [-0.4, -0.2) is 44.2 Å². The van der Waals surface area contributed by atoms with Gasteiger partial charge < -0.3 is 10.1 Å². The van der Waals surface area contributed by atoms with Crippen molar-refractivity contribution in [2.75, 3.05) is 39.3 Å². The molecule has 1 aromatic rings. The van der Waals surface area contributed by atoms with Gasteiger partial charge in [0.2, 0.25) is 0 Å². The molecule has 0 unspecified atom stereocenters. The number of benzene rings is 1. The SMILES string of the molecule is Fc1cc(Br)cc(OCCN2C[C@H]3CNC[C@H]3C2)c1. The highest BCUT2D eigenvalue weighted by atomic mass is 79.9. The van der Waals surface area contributed by atoms with Gasteiger partial charge in [0.15, 0.2) is 0 Å². The highest BCUT2D eigenvalue weighted by Crippen LogP contribution is 2.26. The summed E-state index contributed by atoms with van der Waals surface area (Å²) in [6.45, 7) is 6.16. The lowest BCUT2D eigenvalue weighted by atomic mass is 10.0. The molecule has 19 heavy (non-hydrogen) atoms. The molecule has 2 aliphatic rings. The highest BCUT2D eigenvalue weighted by molar-refractivity contribution is 9.10. The lowest BCUT2D eigenvalue weighted by molar-refractivity contribution is 0.227. The third-order valence-corrected chi connectivity index (χ3v) is 4.44. The molecule has 0 amide bonds. The summed E-state index contributed by atoms with van der Waals surface area (Å²) in [6, 6.07) is 4.65. The lowest BCUT2D eigenvalue weighted by Gasteiger charge is -2.17. The standard InChI is InChI=1S/C14H18BrFN2O/c15-12-3-13(16)5-14(4-12)19-2-1-18-8-10-6-17-7-11(10)9-18/h3-5,10-11,17H,1-2,6-9H2/t10-,11+. The van der Waals surface area contributed by atoms with Gasteiger partial charge in [-0.25, -0.2) is 4.39 Å². The molecule has 0 bridgehead atoms. The molecule has 3 nitrogen and oxygen atoms in total. The van der Waals surface area contributed by atoms with Gasteiger partial charge in [-0.2, -0.15) is 0 Å². The molecule has 2 atom stereocenters. The van der Waals surface area contributed by atoms with Gasteiger partial charge in [-0.15, -0.1) is 0 Å². The minimum Gasteiger partial charge on any atom is -0.492 e. The van der Waals surface area contributed by atoms with Gasteiger partial charge >= 0.3 is 0 Å². The molecule has 2 aliphatic heterocycles. The maximum atomic E-state index is 13.2. The van der Waals surface area contributed by atoms with E-state index in [1.54, 1.807) is 6.07 Å². The second-order valence-corrected chi connectivity index (χ2v) is 6.31. The van der Waals surface area contributed by atoms with E-state index in [1.165, 1.54) is 12.1 Å². The molecule has 104 valence electrons. The Hall–Kier alpha value is -0.650. The fraction of sp³-hybridized carbons (Fsp3) is 0.571. The molecule has 3 rings (SSSR count). The molecule has 0 saturated carbocycles. The van der Waals surface area contributed by atoms with E-state index in [4.69, 9.17) is 4.74 Å². The fourth-order valence-electron chi connectivity index (χ4n) is 3.04. The van der Waals surface area contributed by atoms with Crippen molar-refractivity contribution in [2.45, 2.75) is 0 Å². The molecule has 0 aliphatic carbocycles. The topological polar surface area (TPSA) is 24.5 Å². The number of hydrogen-bond acceptors (Lipinski definition) is 3. The van der Waals surface area contributed by atoms with Gasteiger partial charge in [0.1, 0.15) is 18.2 Å². The monoisotopic (exact) mass is 328 g/mol. The number of halogens is 2. The minimum absolute atomic E-state index is 0.272. The van der Waals surface area contributed by atoms with Crippen LogP contribution in [0.3, 0.4) is 0 Å². The largest absolute Gasteiger partial charge is 0.492 e. The molecule has 2 fully saturated rings. The Morgan fingerprint density at radius 1 is 1.26 bits per heavy atom. The van der Waals surface area contributed by atoms with Gasteiger partial charge in [0, 0.05) is 30.2 Å². The third-order valence-electron chi connectivity index (χ3n) is 3.98. The molecule has 0 aromatic heterocycles. The number of hydrogen-bond donors (Lipinski definition) is 1. The van der Waals surface area contributed by atoms with Gasteiger partial charge in [0.05, 0.1) is 0 Å². The number of rotatable bonds is 4. The van der Waals surface area contributed by atoms with Crippen molar-refractivity contribution in [3.8, 4) is 5.75 Å². The summed E-state index contributed by atoms with van der Waals surface area (Å²) in [5.41, 5.74) is 0. The van der Waals surface area contributed by atoms with Crippen LogP contribution in [0, 0.1) is 17.7 Å². The zero-order valence-electron chi connectivity index (χ0n) is 10.7. The summed E-state index contributed by atoms with van der Waals surface area (Å²) in [7, 11) is 0. The Kier molecular flexibility index (Phi) is 4.05. The number of nitrogens with one attached hydrogen (secondary N) is 1. The highest BCUT2D eigenvalue weighted by Gasteiger charge is 2.35. The van der Waals surface area contributed by atoms with E-state index in [1.807, 2.05) is 0 Å². The van der Waals surface area contributed by atoms with E-state index in [-0.39, 0.29) is 5.82 Å². The van der Waals surface area contributed by atoms with E-state index in [9.17, 15) is 4.39 Å². The zero-order valence-corrected chi connectivity index (χ0v) is 12.3. The van der Waals surface area contributed by atoms with Crippen molar-refractivity contribution in [3.05, 3.63) is 28.5 Å². The first-order valence-corrected chi connectivity index (χ1v) is 7.52. The Balaban J connectivity index is 1.46. The molecular formula is C14H18BrFN2O. The lowest BCUT2D eigenvalue weighted by Crippen LogP contribution is -2.29. The first kappa shape index (κ1) is 13.3. The van der Waals surface area contributed by atoms with Crippen LogP contribution < -0.4 is 10.1 Å². The van der Waals surface area contributed by atoms with Crippen molar-refractivity contribution in [1.82, 2.24) is 10.2 Å². The molecule has 2 saturated heterocycles. The third kappa shape index (κ3) is 3.27. The Morgan fingerprint density at radius 2 is 2.00 bits per heavy atom. The summed E-state index contributed by atoms with van der Waals surface area (Å²) < 4.78 is 19.5. The van der Waals surface area contributed by atoms with Crippen molar-refractivity contribution in [1.29, 1.82) is 0 Å². The first-order chi connectivity index (χ1) is 9.20. The molecule has 0 radical (unpaired) electrons. The number of nitrogens with zero attached hydrogens (tertiary/aromatic N) is 1. The molecule has 0 spiro atoms. The van der Waals surface area contributed by atoms with E-state index in [0.717, 1.165) is 44.6 Å². The van der Waals surface area contributed by atoms with Crippen LogP contribution in [0.15, 0.2) is 22.7 Å². The van der Waals surface area contributed by atoms with Crippen LogP contribution in [0.2, 0.25) is 0 Å². The Morgan fingerprint density at radius 3 is 2.68 bits per heavy atom. The van der Waals surface area contributed by atoms with E-state index in [2.05, 4.69) is 26.1 Å². The van der Waals surface area contributed by atoms with Gasteiger partial charge in [0.25, 0.3) is 0 Å². The molecule has 1 N–H and O–H groups in total. The number of ether oxygens (including phenoxy) is 1. The van der Waals surface area contributed by atoms with E-state index in [0.29, 0.717) is 16.8 Å². The maximum Gasteiger partial charge on any atom is 0.128 e. The van der Waals surface area contributed by atoms with Crippen molar-refractivity contribution in [2.24, 2.45) is 11.8 Å². The van der Waals surface area contributed by atoms with Gasteiger partial charge in [-0.1, -0.05) is 15.9 Å². The van der Waals surface area contributed by atoms with Crippen LogP contribution in [-0.2, 0) is 0 Å². The predicted octanol–water partition coefficient (Wildman–Crippen LogP) is 2.12. The smallest absolute Gasteiger partial charge is 0.128 e. The molecule has 5 heteroatoms. The quantitative estimate of drug-likeness (QED) is 0.916. The van der Waals surface area contributed by atoms with Crippen LogP contribution in [0.25, 0.3) is 0 Å². The van der Waals surface area contributed by atoms with Gasteiger partial charge in [-0.05, 0) is 37.1 Å². The summed E-state index contributed by atoms with van der Waals surface area (Å²) in [4.78, 5) is 2.45. The summed E-state index contributed by atoms with van der Waals surface area (Å²) >= 11 is 3.27. The average molecular weight is 329 g/mol. The maximum absolute atomic E-state index is 13.2. The molecule has 2 heterocycles. The van der Waals surface area contributed by atoms with Crippen molar-refractivity contribution >= 4 is 15.9 Å². The van der Waals surface area contributed by atoms with Crippen LogP contribution >= 0.6 is 15.9 Å². The number of likely N-dealkylation sites (tertiary alicyclic amines) is 1. The summed E-state index contributed by atoms with van der Waals surface area (Å²) in [5.74, 6) is 1.94. The van der Waals surface area contributed by atoms with E-state index < -0.39 is 0 Å². The summed E-state index contributed by atoms with van der Waals surface area (Å²) in [5, 5.41) is 3.43.